The van der Waals surface area contributed by atoms with Gasteiger partial charge in [0, 0.05) is 24.2 Å². The van der Waals surface area contributed by atoms with Gasteiger partial charge in [-0.25, -0.2) is 8.42 Å². The minimum Gasteiger partial charge on any atom is -0.497 e. The summed E-state index contributed by atoms with van der Waals surface area (Å²) in [6, 6.07) is 14.8. The highest BCUT2D eigenvalue weighted by Crippen LogP contribution is 2.37. The van der Waals surface area contributed by atoms with E-state index >= 15 is 0 Å². The Balaban J connectivity index is 2.16. The lowest BCUT2D eigenvalue weighted by Gasteiger charge is -2.33. The number of benzene rings is 3. The number of sulfonamides is 1. The number of anilines is 1. The Morgan fingerprint density at radius 2 is 1.57 bits per heavy atom. The molecule has 1 atom stereocenters. The molecule has 3 aromatic carbocycles. The second kappa shape index (κ2) is 17.0. The summed E-state index contributed by atoms with van der Waals surface area (Å²) >= 11 is 6.34. The maximum Gasteiger partial charge on any atom is 0.265 e. The summed E-state index contributed by atoms with van der Waals surface area (Å²) in [5.41, 5.74) is 0.738. The van der Waals surface area contributed by atoms with Crippen LogP contribution in [0.1, 0.15) is 38.7 Å². The highest BCUT2D eigenvalue weighted by molar-refractivity contribution is 7.92. The number of ether oxygens (including phenoxy) is 4. The third-order valence-corrected chi connectivity index (χ3v) is 9.32. The molecule has 1 N–H and O–H groups in total. The first-order valence-corrected chi connectivity index (χ1v) is 16.6. The van der Waals surface area contributed by atoms with Crippen LogP contribution in [0.2, 0.25) is 5.02 Å². The lowest BCUT2D eigenvalue weighted by Crippen LogP contribution is -2.52. The summed E-state index contributed by atoms with van der Waals surface area (Å²) < 4.78 is 51.2. The molecular weight excluding hydrogens is 634 g/mol. The van der Waals surface area contributed by atoms with Crippen LogP contribution in [0.15, 0.2) is 65.6 Å². The zero-order chi connectivity index (χ0) is 33.9. The fourth-order valence-electron chi connectivity index (χ4n) is 4.87. The van der Waals surface area contributed by atoms with Gasteiger partial charge in [-0.1, -0.05) is 44.0 Å². The third-order valence-electron chi connectivity index (χ3n) is 7.33. The number of amides is 2. The monoisotopic (exact) mass is 675 g/mol. The second-order valence-electron chi connectivity index (χ2n) is 10.3. The number of rotatable bonds is 17. The summed E-state index contributed by atoms with van der Waals surface area (Å²) in [6.07, 6.45) is 1.95. The molecule has 0 fully saturated rings. The van der Waals surface area contributed by atoms with Gasteiger partial charge in [0.25, 0.3) is 10.0 Å². The van der Waals surface area contributed by atoms with Crippen molar-refractivity contribution >= 4 is 39.1 Å². The molecule has 0 saturated carbocycles. The zero-order valence-electron chi connectivity index (χ0n) is 27.0. The first kappa shape index (κ1) is 36.3. The number of carbonyl (C=O) groups is 2. The van der Waals surface area contributed by atoms with Crippen molar-refractivity contribution in [2.45, 2.75) is 50.6 Å². The summed E-state index contributed by atoms with van der Waals surface area (Å²) in [7, 11) is 1.30. The predicted octanol–water partition coefficient (Wildman–Crippen LogP) is 5.29. The summed E-state index contributed by atoms with van der Waals surface area (Å²) in [6.45, 7) is 3.61. The Kier molecular flexibility index (Phi) is 13.4. The maximum absolute atomic E-state index is 14.4. The quantitative estimate of drug-likeness (QED) is 0.192. The Morgan fingerprint density at radius 3 is 2.20 bits per heavy atom. The molecule has 0 aromatic heterocycles. The third kappa shape index (κ3) is 8.76. The molecule has 3 rings (SSSR count). The van der Waals surface area contributed by atoms with Gasteiger partial charge in [0.05, 0.1) is 39.0 Å². The molecule has 13 heteroatoms. The van der Waals surface area contributed by atoms with Crippen molar-refractivity contribution < 1.29 is 37.0 Å². The van der Waals surface area contributed by atoms with E-state index in [0.29, 0.717) is 23.6 Å². The van der Waals surface area contributed by atoms with Crippen LogP contribution in [-0.4, -0.2) is 72.7 Å². The van der Waals surface area contributed by atoms with E-state index in [9.17, 15) is 18.0 Å². The van der Waals surface area contributed by atoms with Gasteiger partial charge < -0.3 is 29.2 Å². The summed E-state index contributed by atoms with van der Waals surface area (Å²) in [4.78, 5) is 29.1. The average Bonchev–Trinajstić information content (AvgIpc) is 3.06. The van der Waals surface area contributed by atoms with Gasteiger partial charge >= 0.3 is 0 Å². The SMILES string of the molecule is CCCCNC(=O)C(CC)N(Cc1cccc(OC)c1)C(=O)CN(c1cc(Cl)ccc1OC)S(=O)(=O)c1ccc(OC)c(OC)c1. The number of nitrogens with zero attached hydrogens (tertiary/aromatic N) is 2. The average molecular weight is 676 g/mol. The largest absolute Gasteiger partial charge is 0.497 e. The minimum atomic E-state index is -4.45. The Bertz CT molecular complexity index is 1600. The normalized spacial score (nSPS) is 11.7. The first-order chi connectivity index (χ1) is 22.0. The van der Waals surface area contributed by atoms with Crippen molar-refractivity contribution in [2.75, 3.05) is 45.8 Å². The predicted molar refractivity (Wildman–Crippen MR) is 178 cm³/mol. The van der Waals surface area contributed by atoms with Crippen LogP contribution in [0.5, 0.6) is 23.0 Å². The van der Waals surface area contributed by atoms with Crippen molar-refractivity contribution in [1.29, 1.82) is 0 Å². The van der Waals surface area contributed by atoms with Crippen LogP contribution in [-0.2, 0) is 26.2 Å². The molecule has 0 radical (unpaired) electrons. The topological polar surface area (TPSA) is 124 Å². The molecule has 0 aliphatic heterocycles. The van der Waals surface area contributed by atoms with Gasteiger partial charge in [-0.05, 0) is 60.9 Å². The molecule has 0 heterocycles. The first-order valence-electron chi connectivity index (χ1n) is 14.8. The van der Waals surface area contributed by atoms with Gasteiger partial charge in [0.15, 0.2) is 11.5 Å². The molecule has 11 nitrogen and oxygen atoms in total. The Morgan fingerprint density at radius 1 is 0.870 bits per heavy atom. The van der Waals surface area contributed by atoms with Crippen LogP contribution >= 0.6 is 11.6 Å². The van der Waals surface area contributed by atoms with Crippen LogP contribution in [0.4, 0.5) is 5.69 Å². The summed E-state index contributed by atoms with van der Waals surface area (Å²) in [5, 5.41) is 3.14. The highest BCUT2D eigenvalue weighted by atomic mass is 35.5. The standard InChI is InChI=1S/C33H42ClN3O8S/c1-7-9-17-35-33(39)27(8-2)36(21-23-11-10-12-25(18-23)42-3)32(38)22-37(28-19-24(34)13-15-29(28)43-4)46(40,41)26-14-16-30(44-5)31(20-26)45-6/h10-16,18-20,27H,7-9,17,21-22H2,1-6H3,(H,35,39). The van der Waals surface area contributed by atoms with Crippen LogP contribution < -0.4 is 28.6 Å². The molecular formula is C33H42ClN3O8S. The molecule has 2 amide bonds. The van der Waals surface area contributed by atoms with Gasteiger partial charge in [-0.3, -0.25) is 13.9 Å². The fourth-order valence-corrected chi connectivity index (χ4v) is 6.47. The number of hydrogen-bond acceptors (Lipinski definition) is 8. The number of hydrogen-bond donors (Lipinski definition) is 1. The molecule has 0 aliphatic carbocycles. The fraction of sp³-hybridized carbons (Fsp3) is 0.394. The molecule has 0 spiro atoms. The zero-order valence-corrected chi connectivity index (χ0v) is 28.6. The second-order valence-corrected chi connectivity index (χ2v) is 12.6. The smallest absolute Gasteiger partial charge is 0.265 e. The van der Waals surface area contributed by atoms with Crippen molar-refractivity contribution in [3.05, 3.63) is 71.2 Å². The van der Waals surface area contributed by atoms with Crippen LogP contribution in [0, 0.1) is 0 Å². The van der Waals surface area contributed by atoms with Crippen molar-refractivity contribution in [1.82, 2.24) is 10.2 Å². The van der Waals surface area contributed by atoms with E-state index in [1.807, 2.05) is 13.0 Å². The molecule has 1 unspecified atom stereocenters. The van der Waals surface area contributed by atoms with E-state index in [-0.39, 0.29) is 46.0 Å². The van der Waals surface area contributed by atoms with E-state index in [1.54, 1.807) is 31.2 Å². The molecule has 250 valence electrons. The molecule has 3 aromatic rings. The van der Waals surface area contributed by atoms with Gasteiger partial charge in [0.2, 0.25) is 11.8 Å². The Labute approximate surface area is 276 Å². The van der Waals surface area contributed by atoms with Gasteiger partial charge in [-0.15, -0.1) is 0 Å². The summed E-state index contributed by atoms with van der Waals surface area (Å²) in [5.74, 6) is 0.306. The minimum absolute atomic E-state index is 0.0205. The van der Waals surface area contributed by atoms with Crippen LogP contribution in [0.25, 0.3) is 0 Å². The van der Waals surface area contributed by atoms with Crippen molar-refractivity contribution in [3.63, 3.8) is 0 Å². The molecule has 0 bridgehead atoms. The number of unbranched alkanes of at least 4 members (excludes halogenated alkanes) is 1. The van der Waals surface area contributed by atoms with E-state index in [0.717, 1.165) is 17.1 Å². The lowest BCUT2D eigenvalue weighted by atomic mass is 10.1. The van der Waals surface area contributed by atoms with E-state index in [4.69, 9.17) is 30.5 Å². The Hall–Kier alpha value is -4.16. The highest BCUT2D eigenvalue weighted by Gasteiger charge is 2.35. The molecule has 0 aliphatic rings. The van der Waals surface area contributed by atoms with Crippen molar-refractivity contribution in [2.24, 2.45) is 0 Å². The van der Waals surface area contributed by atoms with E-state index in [1.165, 1.54) is 63.7 Å². The number of halogens is 1. The van der Waals surface area contributed by atoms with Crippen LogP contribution in [0.3, 0.4) is 0 Å². The number of nitrogens with one attached hydrogen (secondary N) is 1. The number of carbonyl (C=O) groups excluding carboxylic acids is 2. The number of methoxy groups -OCH3 is 4. The van der Waals surface area contributed by atoms with E-state index < -0.39 is 28.5 Å². The van der Waals surface area contributed by atoms with Crippen molar-refractivity contribution in [3.8, 4) is 23.0 Å². The van der Waals surface area contributed by atoms with Gasteiger partial charge in [-0.2, -0.15) is 0 Å². The van der Waals surface area contributed by atoms with Gasteiger partial charge in [0.1, 0.15) is 24.1 Å². The van der Waals surface area contributed by atoms with E-state index in [2.05, 4.69) is 5.32 Å². The molecule has 46 heavy (non-hydrogen) atoms. The maximum atomic E-state index is 14.4. The lowest BCUT2D eigenvalue weighted by molar-refractivity contribution is -0.140. The molecule has 0 saturated heterocycles.